The first kappa shape index (κ1) is 14.2. The third-order valence-corrected chi connectivity index (χ3v) is 2.80. The molecule has 0 bridgehead atoms. The summed E-state index contributed by atoms with van der Waals surface area (Å²) >= 11 is 5.82. The van der Waals surface area contributed by atoms with Gasteiger partial charge in [-0.3, -0.25) is 4.79 Å². The van der Waals surface area contributed by atoms with Crippen LogP contribution in [0.15, 0.2) is 24.3 Å². The molecular weight excluding hydrogens is 236 g/mol. The lowest BCUT2D eigenvalue weighted by atomic mass is 10.1. The van der Waals surface area contributed by atoms with Crippen LogP contribution in [0.4, 0.5) is 0 Å². The van der Waals surface area contributed by atoms with Crippen LogP contribution in [0.1, 0.15) is 37.0 Å². The van der Waals surface area contributed by atoms with Crippen LogP contribution in [0.5, 0.6) is 0 Å². The van der Waals surface area contributed by atoms with Crippen LogP contribution < -0.4 is 0 Å². The van der Waals surface area contributed by atoms with Gasteiger partial charge < -0.3 is 4.74 Å². The fourth-order valence-electron chi connectivity index (χ4n) is 1.67. The molecule has 1 unspecified atom stereocenters. The van der Waals surface area contributed by atoms with E-state index in [0.717, 1.165) is 12.8 Å². The van der Waals surface area contributed by atoms with E-state index < -0.39 is 0 Å². The van der Waals surface area contributed by atoms with Crippen molar-refractivity contribution in [2.45, 2.75) is 26.7 Å². The van der Waals surface area contributed by atoms with Crippen LogP contribution in [0.2, 0.25) is 5.02 Å². The van der Waals surface area contributed by atoms with Crippen LogP contribution in [0, 0.1) is 5.92 Å². The van der Waals surface area contributed by atoms with Gasteiger partial charge in [0.15, 0.2) is 5.78 Å². The predicted octanol–water partition coefficient (Wildman–Crippen LogP) is 3.98. The van der Waals surface area contributed by atoms with Gasteiger partial charge in [-0.15, -0.1) is 0 Å². The van der Waals surface area contributed by atoms with Crippen molar-refractivity contribution >= 4 is 17.4 Å². The van der Waals surface area contributed by atoms with E-state index in [2.05, 4.69) is 13.8 Å². The second kappa shape index (κ2) is 7.46. The summed E-state index contributed by atoms with van der Waals surface area (Å²) in [5.41, 5.74) is 0.612. The highest BCUT2D eigenvalue weighted by atomic mass is 35.5. The molecule has 2 nitrogen and oxygen atoms in total. The number of hydrogen-bond acceptors (Lipinski definition) is 2. The summed E-state index contributed by atoms with van der Waals surface area (Å²) < 4.78 is 5.41. The quantitative estimate of drug-likeness (QED) is 0.688. The van der Waals surface area contributed by atoms with Gasteiger partial charge in [-0.1, -0.05) is 44.0 Å². The number of hydrogen-bond donors (Lipinski definition) is 0. The van der Waals surface area contributed by atoms with Crippen molar-refractivity contribution in [3.8, 4) is 0 Å². The number of ether oxygens (including phenoxy) is 1. The summed E-state index contributed by atoms with van der Waals surface area (Å²) in [6, 6.07) is 6.95. The Labute approximate surface area is 108 Å². The van der Waals surface area contributed by atoms with Crippen molar-refractivity contribution in [2.75, 3.05) is 13.2 Å². The SMILES string of the molecule is CCCC(C)COCC(=O)c1cccc(Cl)c1. The van der Waals surface area contributed by atoms with Gasteiger partial charge in [-0.05, 0) is 24.5 Å². The summed E-state index contributed by atoms with van der Waals surface area (Å²) in [6.07, 6.45) is 2.28. The minimum atomic E-state index is -0.0174. The van der Waals surface area contributed by atoms with Crippen molar-refractivity contribution in [1.82, 2.24) is 0 Å². The van der Waals surface area contributed by atoms with E-state index in [4.69, 9.17) is 16.3 Å². The predicted molar refractivity (Wildman–Crippen MR) is 70.7 cm³/mol. The van der Waals surface area contributed by atoms with Crippen LogP contribution in [0.25, 0.3) is 0 Å². The molecule has 1 rings (SSSR count). The molecule has 1 aromatic rings. The first-order chi connectivity index (χ1) is 8.13. The molecule has 0 amide bonds. The Balaban J connectivity index is 2.35. The minimum Gasteiger partial charge on any atom is -0.373 e. The number of carbonyl (C=O) groups is 1. The molecule has 0 aliphatic rings. The Hall–Kier alpha value is -0.860. The molecule has 3 heteroatoms. The number of halogens is 1. The monoisotopic (exact) mass is 254 g/mol. The number of benzene rings is 1. The van der Waals surface area contributed by atoms with E-state index in [1.54, 1.807) is 24.3 Å². The second-order valence-corrected chi connectivity index (χ2v) is 4.78. The zero-order valence-corrected chi connectivity index (χ0v) is 11.2. The third kappa shape index (κ3) is 5.33. The average molecular weight is 255 g/mol. The molecule has 1 aromatic carbocycles. The molecular formula is C14H19ClO2. The Morgan fingerprint density at radius 1 is 1.47 bits per heavy atom. The standard InChI is InChI=1S/C14H19ClO2/c1-3-5-11(2)9-17-10-14(16)12-6-4-7-13(15)8-12/h4,6-8,11H,3,5,9-10H2,1-2H3. The molecule has 0 aromatic heterocycles. The molecule has 0 saturated heterocycles. The van der Waals surface area contributed by atoms with Crippen LogP contribution in [-0.4, -0.2) is 19.0 Å². The maximum Gasteiger partial charge on any atom is 0.188 e. The second-order valence-electron chi connectivity index (χ2n) is 4.34. The normalized spacial score (nSPS) is 12.4. The van der Waals surface area contributed by atoms with E-state index in [9.17, 15) is 4.79 Å². The molecule has 1 atom stereocenters. The van der Waals surface area contributed by atoms with Gasteiger partial charge in [-0.25, -0.2) is 0 Å². The van der Waals surface area contributed by atoms with Gasteiger partial charge in [0.1, 0.15) is 6.61 Å². The fraction of sp³-hybridized carbons (Fsp3) is 0.500. The van der Waals surface area contributed by atoms with Gasteiger partial charge in [0, 0.05) is 17.2 Å². The Bertz CT molecular complexity index is 363. The molecule has 17 heavy (non-hydrogen) atoms. The van der Waals surface area contributed by atoms with E-state index in [1.165, 1.54) is 0 Å². The topological polar surface area (TPSA) is 26.3 Å². The molecule has 0 aliphatic carbocycles. The first-order valence-electron chi connectivity index (χ1n) is 6.00. The Morgan fingerprint density at radius 3 is 2.88 bits per heavy atom. The highest BCUT2D eigenvalue weighted by Gasteiger charge is 2.07. The Kier molecular flexibility index (Phi) is 6.23. The van der Waals surface area contributed by atoms with Gasteiger partial charge in [0.2, 0.25) is 0 Å². The van der Waals surface area contributed by atoms with Crippen molar-refractivity contribution < 1.29 is 9.53 Å². The van der Waals surface area contributed by atoms with Gasteiger partial charge in [-0.2, -0.15) is 0 Å². The zero-order chi connectivity index (χ0) is 12.7. The summed E-state index contributed by atoms with van der Waals surface area (Å²) in [6.45, 7) is 5.05. The fourth-order valence-corrected chi connectivity index (χ4v) is 1.86. The molecule has 0 radical (unpaired) electrons. The minimum absolute atomic E-state index is 0.0174. The van der Waals surface area contributed by atoms with Gasteiger partial charge in [0.25, 0.3) is 0 Å². The van der Waals surface area contributed by atoms with E-state index in [1.807, 2.05) is 0 Å². The summed E-state index contributed by atoms with van der Waals surface area (Å²) in [5.74, 6) is 0.489. The number of carbonyl (C=O) groups excluding carboxylic acids is 1. The zero-order valence-electron chi connectivity index (χ0n) is 10.4. The highest BCUT2D eigenvalue weighted by molar-refractivity contribution is 6.31. The van der Waals surface area contributed by atoms with Gasteiger partial charge >= 0.3 is 0 Å². The Morgan fingerprint density at radius 2 is 2.24 bits per heavy atom. The smallest absolute Gasteiger partial charge is 0.188 e. The third-order valence-electron chi connectivity index (χ3n) is 2.56. The first-order valence-corrected chi connectivity index (χ1v) is 6.37. The molecule has 94 valence electrons. The lowest BCUT2D eigenvalue weighted by Crippen LogP contribution is -2.13. The molecule has 0 heterocycles. The largest absolute Gasteiger partial charge is 0.373 e. The molecule has 0 aliphatic heterocycles. The summed E-state index contributed by atoms with van der Waals surface area (Å²) in [7, 11) is 0. The van der Waals surface area contributed by atoms with Crippen LogP contribution in [-0.2, 0) is 4.74 Å². The number of ketones is 1. The van der Waals surface area contributed by atoms with Crippen LogP contribution >= 0.6 is 11.6 Å². The average Bonchev–Trinajstić information content (AvgIpc) is 2.29. The number of Topliss-reactive ketones (excluding diaryl/α,β-unsaturated/α-hetero) is 1. The number of rotatable bonds is 7. The maximum atomic E-state index is 11.8. The molecule has 0 spiro atoms. The van der Waals surface area contributed by atoms with Gasteiger partial charge in [0.05, 0.1) is 0 Å². The lowest BCUT2D eigenvalue weighted by Gasteiger charge is -2.10. The van der Waals surface area contributed by atoms with Crippen molar-refractivity contribution in [3.05, 3.63) is 34.9 Å². The van der Waals surface area contributed by atoms with E-state index in [-0.39, 0.29) is 12.4 Å². The van der Waals surface area contributed by atoms with Crippen LogP contribution in [0.3, 0.4) is 0 Å². The van der Waals surface area contributed by atoms with Crippen molar-refractivity contribution in [2.24, 2.45) is 5.92 Å². The lowest BCUT2D eigenvalue weighted by molar-refractivity contribution is 0.0683. The highest BCUT2D eigenvalue weighted by Crippen LogP contribution is 2.11. The molecule has 0 saturated carbocycles. The maximum absolute atomic E-state index is 11.8. The molecule has 0 fully saturated rings. The summed E-state index contributed by atoms with van der Waals surface area (Å²) in [4.78, 5) is 11.8. The molecule has 0 N–H and O–H groups in total. The summed E-state index contributed by atoms with van der Waals surface area (Å²) in [5, 5.41) is 0.579. The van der Waals surface area contributed by atoms with E-state index >= 15 is 0 Å². The van der Waals surface area contributed by atoms with Crippen molar-refractivity contribution in [1.29, 1.82) is 0 Å². The van der Waals surface area contributed by atoms with Crippen molar-refractivity contribution in [3.63, 3.8) is 0 Å². The van der Waals surface area contributed by atoms with E-state index in [0.29, 0.717) is 23.1 Å².